The Morgan fingerprint density at radius 3 is 2.42 bits per heavy atom. The monoisotopic (exact) mass is 444 g/mol. The average molecular weight is 445 g/mol. The highest BCUT2D eigenvalue weighted by atomic mass is 16.5. The molecule has 7 heteroatoms. The Balaban J connectivity index is 1.40. The summed E-state index contributed by atoms with van der Waals surface area (Å²) in [6, 6.07) is 18.9. The molecule has 0 aliphatic rings. The van der Waals surface area contributed by atoms with Crippen LogP contribution in [-0.2, 0) is 24.5 Å². The summed E-state index contributed by atoms with van der Waals surface area (Å²) in [5.74, 6) is 0.539. The topological polar surface area (TPSA) is 78.2 Å². The molecule has 0 saturated carbocycles. The second kappa shape index (κ2) is 10.2. The zero-order valence-electron chi connectivity index (χ0n) is 18.9. The molecule has 0 aliphatic carbocycles. The number of ether oxygens (including phenoxy) is 1. The first-order valence-electron chi connectivity index (χ1n) is 11.2. The van der Waals surface area contributed by atoms with Gasteiger partial charge in [-0.15, -0.1) is 0 Å². The first-order chi connectivity index (χ1) is 16.1. The van der Waals surface area contributed by atoms with Gasteiger partial charge in [0.2, 0.25) is 5.91 Å². The standard InChI is InChI=1S/C26H28N4O3/c1-3-15-29-23-8-4-5-9-24(23)30(26(29)32)17-25(31)28-19(2)21-10-12-22(13-11-21)33-18-20-7-6-14-27-16-20/h4-14,16,19H,3,15,17-18H2,1-2H3,(H,28,31). The van der Waals surface area contributed by atoms with Crippen molar-refractivity contribution in [2.45, 2.75) is 46.0 Å². The van der Waals surface area contributed by atoms with Gasteiger partial charge in [0, 0.05) is 24.5 Å². The fraction of sp³-hybridized carbons (Fsp3) is 0.269. The average Bonchev–Trinajstić information content (AvgIpc) is 3.10. The number of amides is 1. The van der Waals surface area contributed by atoms with Crippen LogP contribution in [0.25, 0.3) is 11.0 Å². The zero-order valence-corrected chi connectivity index (χ0v) is 18.9. The molecule has 0 bridgehead atoms. The lowest BCUT2D eigenvalue weighted by atomic mass is 10.1. The minimum atomic E-state index is -0.207. The van der Waals surface area contributed by atoms with Crippen LogP contribution in [0.3, 0.4) is 0 Å². The van der Waals surface area contributed by atoms with Gasteiger partial charge >= 0.3 is 5.69 Å². The molecule has 0 aliphatic heterocycles. The van der Waals surface area contributed by atoms with E-state index < -0.39 is 0 Å². The van der Waals surface area contributed by atoms with Crippen molar-refractivity contribution in [3.63, 3.8) is 0 Å². The maximum atomic E-state index is 12.9. The fourth-order valence-corrected chi connectivity index (χ4v) is 3.88. The van der Waals surface area contributed by atoms with Crippen LogP contribution >= 0.6 is 0 Å². The predicted octanol–water partition coefficient (Wildman–Crippen LogP) is 4.06. The fourth-order valence-electron chi connectivity index (χ4n) is 3.88. The molecule has 33 heavy (non-hydrogen) atoms. The third-order valence-corrected chi connectivity index (χ3v) is 5.56. The molecule has 4 aromatic rings. The Kier molecular flexibility index (Phi) is 6.88. The van der Waals surface area contributed by atoms with Crippen LogP contribution in [0.15, 0.2) is 77.9 Å². The Labute approximate surface area is 192 Å². The molecule has 1 atom stereocenters. The van der Waals surface area contributed by atoms with Crippen molar-refractivity contribution in [3.05, 3.63) is 94.7 Å². The number of carbonyl (C=O) groups excluding carboxylic acids is 1. The molecule has 2 heterocycles. The lowest BCUT2D eigenvalue weighted by molar-refractivity contribution is -0.122. The first kappa shape index (κ1) is 22.3. The Morgan fingerprint density at radius 2 is 1.76 bits per heavy atom. The lowest BCUT2D eigenvalue weighted by Gasteiger charge is -2.15. The van der Waals surface area contributed by atoms with Gasteiger partial charge in [0.25, 0.3) is 0 Å². The minimum absolute atomic E-state index is 0.0211. The summed E-state index contributed by atoms with van der Waals surface area (Å²) >= 11 is 0. The van der Waals surface area contributed by atoms with Crippen LogP contribution < -0.4 is 15.7 Å². The van der Waals surface area contributed by atoms with E-state index in [0.717, 1.165) is 34.3 Å². The summed E-state index contributed by atoms with van der Waals surface area (Å²) in [4.78, 5) is 29.8. The summed E-state index contributed by atoms with van der Waals surface area (Å²) in [6.07, 6.45) is 4.35. The van der Waals surface area contributed by atoms with E-state index in [0.29, 0.717) is 13.2 Å². The lowest BCUT2D eigenvalue weighted by Crippen LogP contribution is -2.34. The van der Waals surface area contributed by atoms with E-state index in [2.05, 4.69) is 10.3 Å². The molecule has 0 radical (unpaired) electrons. The summed E-state index contributed by atoms with van der Waals surface area (Å²) in [5, 5.41) is 3.00. The molecule has 4 rings (SSSR count). The summed E-state index contributed by atoms with van der Waals surface area (Å²) in [6.45, 7) is 5.00. The smallest absolute Gasteiger partial charge is 0.329 e. The van der Waals surface area contributed by atoms with Crippen LogP contribution in [0, 0.1) is 0 Å². The molecular weight excluding hydrogens is 416 g/mol. The number of carbonyl (C=O) groups is 1. The van der Waals surface area contributed by atoms with Crippen LogP contribution in [-0.4, -0.2) is 20.0 Å². The Hall–Kier alpha value is -3.87. The molecular formula is C26H28N4O3. The molecule has 0 spiro atoms. The highest BCUT2D eigenvalue weighted by Crippen LogP contribution is 2.19. The number of rotatable bonds is 9. The van der Waals surface area contributed by atoms with Gasteiger partial charge in [-0.1, -0.05) is 37.3 Å². The van der Waals surface area contributed by atoms with E-state index in [1.807, 2.05) is 74.5 Å². The van der Waals surface area contributed by atoms with E-state index in [9.17, 15) is 9.59 Å². The third kappa shape index (κ3) is 5.14. The van der Waals surface area contributed by atoms with Crippen molar-refractivity contribution in [1.29, 1.82) is 0 Å². The number of nitrogens with zero attached hydrogens (tertiary/aromatic N) is 3. The number of pyridine rings is 1. The number of para-hydroxylation sites is 2. The normalized spacial score (nSPS) is 11.9. The molecule has 1 amide bonds. The Bertz CT molecular complexity index is 1280. The number of hydrogen-bond acceptors (Lipinski definition) is 4. The number of fused-ring (bicyclic) bond motifs is 1. The second-order valence-corrected chi connectivity index (χ2v) is 8.02. The van der Waals surface area contributed by atoms with Gasteiger partial charge in [-0.25, -0.2) is 4.79 Å². The largest absolute Gasteiger partial charge is 0.489 e. The molecule has 170 valence electrons. The van der Waals surface area contributed by atoms with Crippen molar-refractivity contribution in [2.75, 3.05) is 0 Å². The molecule has 7 nitrogen and oxygen atoms in total. The second-order valence-electron chi connectivity index (χ2n) is 8.02. The van der Waals surface area contributed by atoms with E-state index in [-0.39, 0.29) is 24.2 Å². The maximum absolute atomic E-state index is 12.9. The maximum Gasteiger partial charge on any atom is 0.329 e. The molecule has 0 fully saturated rings. The van der Waals surface area contributed by atoms with Gasteiger partial charge in [-0.2, -0.15) is 0 Å². The Morgan fingerprint density at radius 1 is 1.03 bits per heavy atom. The number of imidazole rings is 1. The number of hydrogen-bond donors (Lipinski definition) is 1. The van der Waals surface area contributed by atoms with Gasteiger partial charge in [-0.05, 0) is 49.2 Å². The van der Waals surface area contributed by atoms with E-state index in [4.69, 9.17) is 4.74 Å². The van der Waals surface area contributed by atoms with Crippen molar-refractivity contribution >= 4 is 16.9 Å². The predicted molar refractivity (Wildman–Crippen MR) is 128 cm³/mol. The molecule has 2 aromatic heterocycles. The highest BCUT2D eigenvalue weighted by Gasteiger charge is 2.16. The van der Waals surface area contributed by atoms with Gasteiger partial charge in [0.1, 0.15) is 18.9 Å². The van der Waals surface area contributed by atoms with E-state index >= 15 is 0 Å². The van der Waals surface area contributed by atoms with Crippen LogP contribution in [0.2, 0.25) is 0 Å². The first-order valence-corrected chi connectivity index (χ1v) is 11.2. The summed E-state index contributed by atoms with van der Waals surface area (Å²) < 4.78 is 9.07. The molecule has 1 N–H and O–H groups in total. The number of aromatic nitrogens is 3. The van der Waals surface area contributed by atoms with Gasteiger partial charge in [-0.3, -0.25) is 18.9 Å². The quantitative estimate of drug-likeness (QED) is 0.422. The van der Waals surface area contributed by atoms with E-state index in [1.54, 1.807) is 21.5 Å². The number of benzene rings is 2. The number of nitrogens with one attached hydrogen (secondary N) is 1. The van der Waals surface area contributed by atoms with Crippen molar-refractivity contribution in [2.24, 2.45) is 0 Å². The summed E-state index contributed by atoms with van der Waals surface area (Å²) in [5.41, 5.74) is 3.42. The van der Waals surface area contributed by atoms with Crippen LogP contribution in [0.5, 0.6) is 5.75 Å². The minimum Gasteiger partial charge on any atom is -0.489 e. The SMILES string of the molecule is CCCn1c(=O)n(CC(=O)NC(C)c2ccc(OCc3cccnc3)cc2)c2ccccc21. The zero-order chi connectivity index (χ0) is 23.2. The van der Waals surface area contributed by atoms with Gasteiger partial charge in [0.15, 0.2) is 0 Å². The third-order valence-electron chi connectivity index (χ3n) is 5.56. The number of aryl methyl sites for hydroxylation is 1. The summed E-state index contributed by atoms with van der Waals surface area (Å²) in [7, 11) is 0. The molecule has 0 saturated heterocycles. The molecule has 1 unspecified atom stereocenters. The van der Waals surface area contributed by atoms with E-state index in [1.165, 1.54) is 0 Å². The van der Waals surface area contributed by atoms with Crippen LogP contribution in [0.4, 0.5) is 0 Å². The van der Waals surface area contributed by atoms with Crippen LogP contribution in [0.1, 0.15) is 37.4 Å². The van der Waals surface area contributed by atoms with Gasteiger partial charge in [0.05, 0.1) is 17.1 Å². The highest BCUT2D eigenvalue weighted by molar-refractivity contribution is 5.81. The molecule has 2 aromatic carbocycles. The van der Waals surface area contributed by atoms with Crippen molar-refractivity contribution < 1.29 is 9.53 Å². The van der Waals surface area contributed by atoms with Crippen molar-refractivity contribution in [1.82, 2.24) is 19.4 Å². The van der Waals surface area contributed by atoms with Crippen molar-refractivity contribution in [3.8, 4) is 5.75 Å². The van der Waals surface area contributed by atoms with Gasteiger partial charge < -0.3 is 10.1 Å².